The lowest BCUT2D eigenvalue weighted by Gasteiger charge is -2.22. The topological polar surface area (TPSA) is 135 Å². The predicted octanol–water partition coefficient (Wildman–Crippen LogP) is 0.699. The number of halogens is 1. The van der Waals surface area contributed by atoms with Gasteiger partial charge in [0, 0.05) is 6.54 Å². The summed E-state index contributed by atoms with van der Waals surface area (Å²) in [6.07, 6.45) is 4.06. The molecule has 2 heterocycles. The molecule has 0 aliphatic carbocycles. The summed E-state index contributed by atoms with van der Waals surface area (Å²) in [5.41, 5.74) is 1.06. The fourth-order valence-electron chi connectivity index (χ4n) is 3.89. The Hall–Kier alpha value is -2.21. The van der Waals surface area contributed by atoms with Crippen LogP contribution in [0.2, 0.25) is 0 Å². The van der Waals surface area contributed by atoms with Gasteiger partial charge in [0.05, 0.1) is 11.9 Å². The van der Waals surface area contributed by atoms with Crippen molar-refractivity contribution >= 4 is 28.4 Å². The van der Waals surface area contributed by atoms with E-state index in [9.17, 15) is 23.1 Å². The normalized spacial score (nSPS) is 15.8. The van der Waals surface area contributed by atoms with Crippen LogP contribution in [-0.4, -0.2) is 59.2 Å². The molecule has 0 spiro atoms. The Morgan fingerprint density at radius 3 is 2.47 bits per heavy atom. The third kappa shape index (κ3) is 6.89. The van der Waals surface area contributed by atoms with E-state index in [1.807, 2.05) is 0 Å². The van der Waals surface area contributed by atoms with Crippen LogP contribution in [-0.2, 0) is 27.8 Å². The number of carboxylic acid groups (broad SMARTS) is 1. The highest BCUT2D eigenvalue weighted by Gasteiger charge is 2.22. The fourth-order valence-corrected chi connectivity index (χ4v) is 4.59. The first-order valence-electron chi connectivity index (χ1n) is 10.3. The summed E-state index contributed by atoms with van der Waals surface area (Å²) in [5.74, 6) is -0.0811. The van der Waals surface area contributed by atoms with Gasteiger partial charge >= 0.3 is 11.7 Å². The number of rotatable bonds is 9. The summed E-state index contributed by atoms with van der Waals surface area (Å²) in [4.78, 5) is 24.2. The van der Waals surface area contributed by atoms with E-state index in [-0.39, 0.29) is 24.5 Å². The zero-order valence-corrected chi connectivity index (χ0v) is 19.8. The summed E-state index contributed by atoms with van der Waals surface area (Å²) in [6.45, 7) is 4.38. The smallest absolute Gasteiger partial charge is 0.350 e. The van der Waals surface area contributed by atoms with Gasteiger partial charge in [0.1, 0.15) is 11.9 Å². The first-order chi connectivity index (χ1) is 14.6. The van der Waals surface area contributed by atoms with E-state index in [0.29, 0.717) is 29.5 Å². The molecule has 1 unspecified atom stereocenters. The Morgan fingerprint density at radius 2 is 1.91 bits per heavy atom. The maximum Gasteiger partial charge on any atom is 0.350 e. The molecule has 0 amide bonds. The van der Waals surface area contributed by atoms with Gasteiger partial charge in [-0.2, -0.15) is 5.10 Å². The molecule has 12 heteroatoms. The minimum Gasteiger partial charge on any atom is -0.480 e. The molecule has 32 heavy (non-hydrogen) atoms. The summed E-state index contributed by atoms with van der Waals surface area (Å²) in [7, 11) is -3.65. The molecule has 1 saturated heterocycles. The van der Waals surface area contributed by atoms with Crippen LogP contribution >= 0.6 is 12.4 Å². The van der Waals surface area contributed by atoms with Crippen LogP contribution < -0.4 is 15.7 Å². The van der Waals surface area contributed by atoms with Crippen LogP contribution in [0.4, 0.5) is 0 Å². The van der Waals surface area contributed by atoms with Crippen LogP contribution in [0, 0.1) is 12.8 Å². The summed E-state index contributed by atoms with van der Waals surface area (Å²) < 4.78 is 27.9. The standard InChI is InChI=1S/C20H29N5O5S.ClH/c1-14-22-24(12-9-15-7-10-21-11-8-15)20(28)25(14)17-5-3-16(4-6-17)13-18(19(26)27)23-31(2,29)30;/h3-6,15,18,21,23H,7-13H2,1-2H3,(H,26,27);1H. The molecule has 0 radical (unpaired) electrons. The molecule has 1 aliphatic heterocycles. The number of carbonyl (C=O) groups is 1. The van der Waals surface area contributed by atoms with E-state index >= 15 is 0 Å². The fraction of sp³-hybridized carbons (Fsp3) is 0.550. The molecular formula is C20H30ClN5O5S. The molecule has 1 atom stereocenters. The lowest BCUT2D eigenvalue weighted by molar-refractivity contribution is -0.138. The van der Waals surface area contributed by atoms with E-state index in [1.165, 1.54) is 9.25 Å². The van der Waals surface area contributed by atoms with Gasteiger partial charge < -0.3 is 10.4 Å². The number of hydrogen-bond donors (Lipinski definition) is 3. The highest BCUT2D eigenvalue weighted by atomic mass is 35.5. The lowest BCUT2D eigenvalue weighted by Crippen LogP contribution is -2.41. The zero-order valence-electron chi connectivity index (χ0n) is 18.2. The molecule has 178 valence electrons. The Kier molecular flexibility index (Phi) is 9.02. The second-order valence-electron chi connectivity index (χ2n) is 8.02. The number of benzene rings is 1. The van der Waals surface area contributed by atoms with Crippen molar-refractivity contribution in [3.8, 4) is 5.69 Å². The highest BCUT2D eigenvalue weighted by molar-refractivity contribution is 7.88. The van der Waals surface area contributed by atoms with Gasteiger partial charge in [-0.1, -0.05) is 12.1 Å². The molecule has 2 aromatic rings. The van der Waals surface area contributed by atoms with Crippen molar-refractivity contribution in [1.29, 1.82) is 0 Å². The van der Waals surface area contributed by atoms with Crippen LogP contribution in [0.25, 0.3) is 5.69 Å². The molecule has 1 aliphatic rings. The molecule has 1 aromatic heterocycles. The van der Waals surface area contributed by atoms with E-state index in [0.717, 1.165) is 38.6 Å². The van der Waals surface area contributed by atoms with Crippen molar-refractivity contribution in [3.63, 3.8) is 0 Å². The number of piperidine rings is 1. The quantitative estimate of drug-likeness (QED) is 0.473. The van der Waals surface area contributed by atoms with Crippen molar-refractivity contribution in [2.24, 2.45) is 5.92 Å². The number of sulfonamides is 1. The van der Waals surface area contributed by atoms with Crippen LogP contribution in [0.3, 0.4) is 0 Å². The molecule has 3 rings (SSSR count). The maximum atomic E-state index is 12.9. The van der Waals surface area contributed by atoms with E-state index in [2.05, 4.69) is 15.1 Å². The minimum absolute atomic E-state index is 0. The first-order valence-corrected chi connectivity index (χ1v) is 12.2. The van der Waals surface area contributed by atoms with E-state index < -0.39 is 22.0 Å². The Labute approximate surface area is 193 Å². The number of hydrogen-bond acceptors (Lipinski definition) is 6. The van der Waals surface area contributed by atoms with Crippen molar-refractivity contribution in [2.75, 3.05) is 19.3 Å². The lowest BCUT2D eigenvalue weighted by atomic mass is 9.95. The molecule has 0 bridgehead atoms. The number of aliphatic carboxylic acids is 1. The van der Waals surface area contributed by atoms with Crippen LogP contribution in [0.15, 0.2) is 29.1 Å². The van der Waals surface area contributed by atoms with E-state index in [4.69, 9.17) is 0 Å². The number of aromatic nitrogens is 3. The molecule has 0 saturated carbocycles. The van der Waals surface area contributed by atoms with Gasteiger partial charge in [0.15, 0.2) is 0 Å². The van der Waals surface area contributed by atoms with Crippen LogP contribution in [0.5, 0.6) is 0 Å². The minimum atomic E-state index is -3.65. The molecular weight excluding hydrogens is 458 g/mol. The van der Waals surface area contributed by atoms with Crippen molar-refractivity contribution < 1.29 is 18.3 Å². The largest absolute Gasteiger partial charge is 0.480 e. The van der Waals surface area contributed by atoms with Gasteiger partial charge in [-0.25, -0.2) is 27.2 Å². The van der Waals surface area contributed by atoms with Gasteiger partial charge in [-0.05, 0) is 69.3 Å². The van der Waals surface area contributed by atoms with Crippen molar-refractivity contribution in [1.82, 2.24) is 24.4 Å². The highest BCUT2D eigenvalue weighted by Crippen LogP contribution is 2.17. The molecule has 1 fully saturated rings. The van der Waals surface area contributed by atoms with Crippen molar-refractivity contribution in [2.45, 2.75) is 45.2 Å². The number of aryl methyl sites for hydroxylation is 2. The molecule has 10 nitrogen and oxygen atoms in total. The predicted molar refractivity (Wildman–Crippen MR) is 123 cm³/mol. The monoisotopic (exact) mass is 487 g/mol. The molecule has 1 aromatic carbocycles. The number of nitrogens with one attached hydrogen (secondary N) is 2. The number of nitrogens with zero attached hydrogens (tertiary/aromatic N) is 3. The Balaban J connectivity index is 0.00000363. The summed E-state index contributed by atoms with van der Waals surface area (Å²) >= 11 is 0. The first kappa shape index (κ1) is 26.0. The van der Waals surface area contributed by atoms with Gasteiger partial charge in [-0.3, -0.25) is 4.79 Å². The number of carboxylic acids is 1. The zero-order chi connectivity index (χ0) is 22.6. The van der Waals surface area contributed by atoms with Gasteiger partial charge in [0.25, 0.3) is 0 Å². The summed E-state index contributed by atoms with van der Waals surface area (Å²) in [6, 6.07) is 5.54. The average Bonchev–Trinajstić information content (AvgIpc) is 2.99. The van der Waals surface area contributed by atoms with Crippen molar-refractivity contribution in [3.05, 3.63) is 46.1 Å². The maximum absolute atomic E-state index is 12.9. The van der Waals surface area contributed by atoms with Gasteiger partial charge in [-0.15, -0.1) is 12.4 Å². The van der Waals surface area contributed by atoms with Crippen LogP contribution in [0.1, 0.15) is 30.7 Å². The third-order valence-electron chi connectivity index (χ3n) is 5.50. The molecule has 3 N–H and O–H groups in total. The Morgan fingerprint density at radius 1 is 1.28 bits per heavy atom. The van der Waals surface area contributed by atoms with E-state index in [1.54, 1.807) is 31.2 Å². The SMILES string of the molecule is Cc1nn(CCC2CCNCC2)c(=O)n1-c1ccc(CC(NS(C)(=O)=O)C(=O)O)cc1.Cl. The summed E-state index contributed by atoms with van der Waals surface area (Å²) in [5, 5.41) is 17.0. The Bertz CT molecular complexity index is 1070. The van der Waals surface area contributed by atoms with Gasteiger partial charge in [0.2, 0.25) is 10.0 Å². The third-order valence-corrected chi connectivity index (χ3v) is 6.21. The average molecular weight is 488 g/mol. The second-order valence-corrected chi connectivity index (χ2v) is 9.80. The second kappa shape index (κ2) is 11.1.